The van der Waals surface area contributed by atoms with Crippen LogP contribution in [0.25, 0.3) is 34.0 Å². The first-order valence-corrected chi connectivity index (χ1v) is 8.83. The lowest BCUT2D eigenvalue weighted by atomic mass is 10.1. The van der Waals surface area contributed by atoms with E-state index in [1.54, 1.807) is 17.0 Å². The standard InChI is InChI=1S/C23H15N5/c1-2-16-3-7-18(8-4-16)20-11-12-23-24-14-19(28(23)27-20)9-5-17-6-10-21-22(13-17)26-15-25-21/h2-4,6-8,10-15H,1H2,(H,25,26). The van der Waals surface area contributed by atoms with Crippen LogP contribution < -0.4 is 0 Å². The molecule has 5 heteroatoms. The lowest BCUT2D eigenvalue weighted by Gasteiger charge is -2.03. The Labute approximate surface area is 161 Å². The van der Waals surface area contributed by atoms with Crippen molar-refractivity contribution in [1.82, 2.24) is 24.6 Å². The Morgan fingerprint density at radius 3 is 2.71 bits per heavy atom. The number of hydrogen-bond acceptors (Lipinski definition) is 3. The smallest absolute Gasteiger partial charge is 0.154 e. The average molecular weight is 361 g/mol. The molecule has 0 fully saturated rings. The number of H-pyrrole nitrogens is 1. The zero-order valence-corrected chi connectivity index (χ0v) is 14.9. The largest absolute Gasteiger partial charge is 0.345 e. The third-order valence-electron chi connectivity index (χ3n) is 4.56. The highest BCUT2D eigenvalue weighted by Gasteiger charge is 2.06. The molecule has 5 aromatic rings. The second-order valence-corrected chi connectivity index (χ2v) is 6.34. The third kappa shape index (κ3) is 2.83. The number of nitrogens with one attached hydrogen (secondary N) is 1. The van der Waals surface area contributed by atoms with Crippen LogP contribution in [0.5, 0.6) is 0 Å². The van der Waals surface area contributed by atoms with Gasteiger partial charge in [0.25, 0.3) is 0 Å². The molecule has 0 aliphatic rings. The van der Waals surface area contributed by atoms with Crippen LogP contribution >= 0.6 is 0 Å². The maximum absolute atomic E-state index is 4.72. The van der Waals surface area contributed by atoms with Gasteiger partial charge in [0.1, 0.15) is 5.69 Å². The van der Waals surface area contributed by atoms with Crippen LogP contribution in [-0.2, 0) is 0 Å². The van der Waals surface area contributed by atoms with Crippen molar-refractivity contribution in [3.63, 3.8) is 0 Å². The van der Waals surface area contributed by atoms with Gasteiger partial charge in [0.15, 0.2) is 5.65 Å². The molecule has 1 N–H and O–H groups in total. The van der Waals surface area contributed by atoms with Gasteiger partial charge in [0.05, 0.1) is 29.3 Å². The van der Waals surface area contributed by atoms with Gasteiger partial charge in [-0.2, -0.15) is 5.10 Å². The minimum absolute atomic E-state index is 0.738. The summed E-state index contributed by atoms with van der Waals surface area (Å²) in [4.78, 5) is 11.8. The number of rotatable bonds is 2. The number of aromatic nitrogens is 5. The van der Waals surface area contributed by atoms with Crippen molar-refractivity contribution in [1.29, 1.82) is 0 Å². The molecular formula is C23H15N5. The van der Waals surface area contributed by atoms with Gasteiger partial charge in [-0.15, -0.1) is 0 Å². The van der Waals surface area contributed by atoms with Crippen molar-refractivity contribution in [2.24, 2.45) is 0 Å². The lowest BCUT2D eigenvalue weighted by molar-refractivity contribution is 0.930. The summed E-state index contributed by atoms with van der Waals surface area (Å²) in [6.07, 6.45) is 5.25. The molecule has 3 heterocycles. The van der Waals surface area contributed by atoms with Gasteiger partial charge in [-0.3, -0.25) is 0 Å². The Balaban J connectivity index is 1.54. The van der Waals surface area contributed by atoms with Gasteiger partial charge in [0, 0.05) is 11.1 Å². The molecule has 0 unspecified atom stereocenters. The fourth-order valence-electron chi connectivity index (χ4n) is 3.05. The van der Waals surface area contributed by atoms with E-state index in [0.717, 1.165) is 44.8 Å². The zero-order chi connectivity index (χ0) is 18.9. The van der Waals surface area contributed by atoms with E-state index >= 15 is 0 Å². The minimum atomic E-state index is 0.738. The molecule has 0 bridgehead atoms. The Morgan fingerprint density at radius 2 is 1.86 bits per heavy atom. The molecule has 5 rings (SSSR count). The van der Waals surface area contributed by atoms with Crippen molar-refractivity contribution >= 4 is 22.8 Å². The predicted octanol–water partition coefficient (Wildman–Crippen LogP) is 4.32. The van der Waals surface area contributed by atoms with Crippen LogP contribution in [0.1, 0.15) is 16.8 Å². The molecule has 0 aliphatic carbocycles. The van der Waals surface area contributed by atoms with Crippen molar-refractivity contribution in [2.45, 2.75) is 0 Å². The van der Waals surface area contributed by atoms with E-state index in [9.17, 15) is 0 Å². The third-order valence-corrected chi connectivity index (χ3v) is 4.56. The topological polar surface area (TPSA) is 58.9 Å². The molecule has 0 amide bonds. The zero-order valence-electron chi connectivity index (χ0n) is 14.9. The first kappa shape index (κ1) is 16.0. The second kappa shape index (κ2) is 6.53. The molecule has 0 radical (unpaired) electrons. The molecule has 0 aliphatic heterocycles. The van der Waals surface area contributed by atoms with E-state index in [0.29, 0.717) is 0 Å². The Morgan fingerprint density at radius 1 is 0.964 bits per heavy atom. The molecule has 132 valence electrons. The van der Waals surface area contributed by atoms with Gasteiger partial charge in [-0.05, 0) is 41.8 Å². The molecule has 5 nitrogen and oxygen atoms in total. The summed E-state index contributed by atoms with van der Waals surface area (Å²) in [5, 5.41) is 4.72. The van der Waals surface area contributed by atoms with E-state index in [2.05, 4.69) is 33.4 Å². The molecule has 28 heavy (non-hydrogen) atoms. The molecular weight excluding hydrogens is 346 g/mol. The highest BCUT2D eigenvalue weighted by Crippen LogP contribution is 2.19. The quantitative estimate of drug-likeness (QED) is 0.477. The summed E-state index contributed by atoms with van der Waals surface area (Å²) in [7, 11) is 0. The van der Waals surface area contributed by atoms with Gasteiger partial charge in [-0.1, -0.05) is 42.8 Å². The monoisotopic (exact) mass is 361 g/mol. The van der Waals surface area contributed by atoms with Crippen LogP contribution in [-0.4, -0.2) is 24.6 Å². The number of imidazole rings is 2. The summed E-state index contributed by atoms with van der Waals surface area (Å²) in [5.41, 5.74) is 7.26. The fraction of sp³-hybridized carbons (Fsp3) is 0. The van der Waals surface area contributed by atoms with E-state index in [1.165, 1.54) is 0 Å². The molecule has 3 aromatic heterocycles. The van der Waals surface area contributed by atoms with Crippen molar-refractivity contribution in [3.8, 4) is 23.1 Å². The maximum atomic E-state index is 4.72. The normalized spacial score (nSPS) is 10.7. The molecule has 0 saturated carbocycles. The molecule has 2 aromatic carbocycles. The fourth-order valence-corrected chi connectivity index (χ4v) is 3.05. The minimum Gasteiger partial charge on any atom is -0.345 e. The number of hydrogen-bond donors (Lipinski definition) is 1. The van der Waals surface area contributed by atoms with E-state index in [1.807, 2.05) is 60.7 Å². The molecule has 0 atom stereocenters. The highest BCUT2D eigenvalue weighted by molar-refractivity contribution is 5.76. The summed E-state index contributed by atoms with van der Waals surface area (Å²) in [6.45, 7) is 3.79. The van der Waals surface area contributed by atoms with Gasteiger partial charge >= 0.3 is 0 Å². The molecule has 0 spiro atoms. The predicted molar refractivity (Wildman–Crippen MR) is 111 cm³/mol. The highest BCUT2D eigenvalue weighted by atomic mass is 15.3. The first-order chi connectivity index (χ1) is 13.8. The summed E-state index contributed by atoms with van der Waals surface area (Å²) in [6, 6.07) is 17.9. The van der Waals surface area contributed by atoms with E-state index < -0.39 is 0 Å². The van der Waals surface area contributed by atoms with E-state index in [-0.39, 0.29) is 0 Å². The van der Waals surface area contributed by atoms with Gasteiger partial charge in [0.2, 0.25) is 0 Å². The van der Waals surface area contributed by atoms with E-state index in [4.69, 9.17) is 5.10 Å². The SMILES string of the molecule is C=Cc1ccc(-c2ccc3ncc(C#Cc4ccc5[nH]cnc5c4)n3n2)cc1. The average Bonchev–Trinajstić information content (AvgIpc) is 3.38. The summed E-state index contributed by atoms with van der Waals surface area (Å²) in [5.74, 6) is 6.35. The van der Waals surface area contributed by atoms with Gasteiger partial charge < -0.3 is 4.98 Å². The summed E-state index contributed by atoms with van der Waals surface area (Å²) < 4.78 is 1.77. The number of aromatic amines is 1. The number of nitrogens with zero attached hydrogens (tertiary/aromatic N) is 4. The van der Waals surface area contributed by atoms with Crippen molar-refractivity contribution in [3.05, 3.63) is 90.5 Å². The Hall–Kier alpha value is -4.17. The maximum Gasteiger partial charge on any atom is 0.154 e. The number of fused-ring (bicyclic) bond motifs is 2. The Kier molecular flexibility index (Phi) is 3.74. The summed E-state index contributed by atoms with van der Waals surface area (Å²) >= 11 is 0. The van der Waals surface area contributed by atoms with Crippen LogP contribution in [0.2, 0.25) is 0 Å². The first-order valence-electron chi connectivity index (χ1n) is 8.83. The second-order valence-electron chi connectivity index (χ2n) is 6.34. The van der Waals surface area contributed by atoms with Crippen LogP contribution in [0.3, 0.4) is 0 Å². The van der Waals surface area contributed by atoms with Gasteiger partial charge in [-0.25, -0.2) is 14.5 Å². The van der Waals surface area contributed by atoms with Crippen molar-refractivity contribution < 1.29 is 0 Å². The Bertz CT molecular complexity index is 1380. The van der Waals surface area contributed by atoms with Crippen LogP contribution in [0.15, 0.2) is 73.7 Å². The number of benzene rings is 2. The van der Waals surface area contributed by atoms with Crippen molar-refractivity contribution in [2.75, 3.05) is 0 Å². The lowest BCUT2D eigenvalue weighted by Crippen LogP contribution is -1.97. The van der Waals surface area contributed by atoms with Crippen LogP contribution in [0, 0.1) is 11.8 Å². The van der Waals surface area contributed by atoms with Crippen LogP contribution in [0.4, 0.5) is 0 Å². The molecule has 0 saturated heterocycles.